The summed E-state index contributed by atoms with van der Waals surface area (Å²) in [6, 6.07) is 5.42. The molecule has 9 nitrogen and oxygen atoms in total. The first-order valence-corrected chi connectivity index (χ1v) is 4.85. The minimum absolute atomic E-state index is 0.0779. The minimum atomic E-state index is -1.08. The maximum atomic E-state index is 10.6. The number of aromatic carboxylic acids is 1. The number of amidine groups is 1. The van der Waals surface area contributed by atoms with Crippen LogP contribution in [0, 0.1) is 15.0 Å². The monoisotopic (exact) mass is 264 g/mol. The largest absolute Gasteiger partial charge is 0.478 e. The van der Waals surface area contributed by atoms with E-state index in [2.05, 4.69) is 15.7 Å². The van der Waals surface area contributed by atoms with Crippen molar-refractivity contribution in [2.24, 2.45) is 10.3 Å². The molecule has 0 aliphatic heterocycles. The van der Waals surface area contributed by atoms with Crippen molar-refractivity contribution in [2.75, 3.05) is 5.43 Å². The number of hydrazone groups is 1. The van der Waals surface area contributed by atoms with Gasteiger partial charge in [-0.3, -0.25) is 0 Å². The number of rotatable bonds is 5. The average molecular weight is 264 g/mol. The number of carbonyl (C=O) groups is 1. The zero-order chi connectivity index (χ0) is 14.3. The van der Waals surface area contributed by atoms with Crippen LogP contribution in [0.2, 0.25) is 0 Å². The van der Waals surface area contributed by atoms with Crippen molar-refractivity contribution in [1.29, 1.82) is 0 Å². The molecule has 0 fully saturated rings. The number of benzene rings is 1. The Kier molecular flexibility index (Phi) is 4.84. The average Bonchev–Trinajstić information content (AvgIpc) is 2.39. The number of carboxylic acids is 1. The summed E-state index contributed by atoms with van der Waals surface area (Å²) in [6.07, 6.45) is 1.52. The van der Waals surface area contributed by atoms with Gasteiger partial charge in [-0.25, -0.2) is 4.79 Å². The van der Waals surface area contributed by atoms with Crippen LogP contribution in [0.25, 0.3) is 0 Å². The standard InChI is InChI=1S/C10H8N4O5/c15-10(16)7-1-3-8(4-2-7)12-13-9(14(18)19)5-6-11-17/h1-6,12H,(H,15,16)/b6-5+,13-9+. The molecule has 9 heteroatoms. The molecule has 98 valence electrons. The predicted molar refractivity (Wildman–Crippen MR) is 66.4 cm³/mol. The number of nitro groups is 1. The van der Waals surface area contributed by atoms with E-state index >= 15 is 0 Å². The van der Waals surface area contributed by atoms with E-state index in [4.69, 9.17) is 5.11 Å². The molecule has 1 rings (SSSR count). The summed E-state index contributed by atoms with van der Waals surface area (Å²) in [5.74, 6) is -1.69. The van der Waals surface area contributed by atoms with E-state index in [9.17, 15) is 19.8 Å². The van der Waals surface area contributed by atoms with Crippen LogP contribution in [0.4, 0.5) is 5.69 Å². The number of hydrogen-bond acceptors (Lipinski definition) is 7. The minimum Gasteiger partial charge on any atom is -0.478 e. The van der Waals surface area contributed by atoms with Gasteiger partial charge in [0, 0.05) is 0 Å². The Labute approximate surface area is 106 Å². The highest BCUT2D eigenvalue weighted by atomic mass is 16.6. The second kappa shape index (κ2) is 6.59. The van der Waals surface area contributed by atoms with E-state index in [1.54, 1.807) is 0 Å². The summed E-state index contributed by atoms with van der Waals surface area (Å²) < 4.78 is 0. The van der Waals surface area contributed by atoms with Gasteiger partial charge in [0.25, 0.3) is 0 Å². The van der Waals surface area contributed by atoms with Crippen molar-refractivity contribution in [1.82, 2.24) is 0 Å². The highest BCUT2D eigenvalue weighted by Gasteiger charge is 2.08. The van der Waals surface area contributed by atoms with Gasteiger partial charge < -0.3 is 15.2 Å². The SMILES string of the molecule is O=N/C=C/C(=N\Nc1ccc(C(=O)O)cc1)[N+](=O)[O-]. The van der Waals surface area contributed by atoms with Crippen LogP contribution in [-0.2, 0) is 0 Å². The summed E-state index contributed by atoms with van der Waals surface area (Å²) in [5, 5.41) is 25.0. The summed E-state index contributed by atoms with van der Waals surface area (Å²) in [5.41, 5.74) is 2.80. The zero-order valence-corrected chi connectivity index (χ0v) is 9.39. The molecule has 1 aromatic carbocycles. The van der Waals surface area contributed by atoms with Crippen LogP contribution in [0.5, 0.6) is 0 Å². The summed E-state index contributed by atoms with van der Waals surface area (Å²) in [7, 11) is 0. The Morgan fingerprint density at radius 3 is 2.47 bits per heavy atom. The van der Waals surface area contributed by atoms with Crippen LogP contribution in [0.15, 0.2) is 46.8 Å². The van der Waals surface area contributed by atoms with Crippen LogP contribution >= 0.6 is 0 Å². The Balaban J connectivity index is 2.83. The first kappa shape index (κ1) is 14.0. The lowest BCUT2D eigenvalue weighted by atomic mass is 10.2. The van der Waals surface area contributed by atoms with Crippen molar-refractivity contribution < 1.29 is 14.8 Å². The molecular formula is C10H8N4O5. The summed E-state index contributed by atoms with van der Waals surface area (Å²) in [4.78, 5) is 30.1. The molecule has 0 bridgehead atoms. The topological polar surface area (TPSA) is 134 Å². The van der Waals surface area contributed by atoms with Crippen LogP contribution in [0.1, 0.15) is 10.4 Å². The summed E-state index contributed by atoms with van der Waals surface area (Å²) in [6.45, 7) is 0. The Morgan fingerprint density at radius 2 is 2.00 bits per heavy atom. The molecule has 0 aromatic heterocycles. The van der Waals surface area contributed by atoms with Crippen molar-refractivity contribution in [3.63, 3.8) is 0 Å². The van der Waals surface area contributed by atoms with E-state index in [0.717, 1.165) is 6.08 Å². The van der Waals surface area contributed by atoms with Crippen molar-refractivity contribution in [3.8, 4) is 0 Å². The lowest BCUT2D eigenvalue weighted by Gasteiger charge is -1.97. The lowest BCUT2D eigenvalue weighted by molar-refractivity contribution is -0.348. The van der Waals surface area contributed by atoms with Crippen molar-refractivity contribution >= 4 is 17.5 Å². The fourth-order valence-electron chi connectivity index (χ4n) is 1.05. The summed E-state index contributed by atoms with van der Waals surface area (Å²) >= 11 is 0. The smallest absolute Gasteiger partial charge is 0.389 e. The molecule has 0 aliphatic carbocycles. The molecular weight excluding hydrogens is 256 g/mol. The quantitative estimate of drug-likeness (QED) is 0.273. The van der Waals surface area contributed by atoms with Crippen molar-refractivity contribution in [2.45, 2.75) is 0 Å². The van der Waals surface area contributed by atoms with E-state index < -0.39 is 16.7 Å². The molecule has 19 heavy (non-hydrogen) atoms. The third kappa shape index (κ3) is 4.34. The third-order valence-electron chi connectivity index (χ3n) is 1.90. The van der Waals surface area contributed by atoms with Gasteiger partial charge in [0.15, 0.2) is 0 Å². The van der Waals surface area contributed by atoms with Gasteiger partial charge in [0.1, 0.15) is 0 Å². The van der Waals surface area contributed by atoms with Gasteiger partial charge in [-0.05, 0) is 34.4 Å². The Morgan fingerprint density at radius 1 is 1.37 bits per heavy atom. The molecule has 2 N–H and O–H groups in total. The van der Waals surface area contributed by atoms with E-state index in [0.29, 0.717) is 11.9 Å². The number of nitrogens with zero attached hydrogens (tertiary/aromatic N) is 3. The first-order chi connectivity index (χ1) is 9.04. The van der Waals surface area contributed by atoms with Gasteiger partial charge in [0.05, 0.1) is 28.6 Å². The maximum Gasteiger partial charge on any atom is 0.389 e. The van der Waals surface area contributed by atoms with Crippen LogP contribution in [0.3, 0.4) is 0 Å². The Hall–Kier alpha value is -3.10. The number of anilines is 1. The van der Waals surface area contributed by atoms with E-state index in [1.165, 1.54) is 24.3 Å². The number of carboxylic acid groups (broad SMARTS) is 1. The van der Waals surface area contributed by atoms with E-state index in [1.807, 2.05) is 0 Å². The van der Waals surface area contributed by atoms with E-state index in [-0.39, 0.29) is 5.56 Å². The first-order valence-electron chi connectivity index (χ1n) is 4.85. The molecule has 0 heterocycles. The predicted octanol–water partition coefficient (Wildman–Crippen LogP) is 1.67. The fraction of sp³-hybridized carbons (Fsp3) is 0. The molecule has 0 atom stereocenters. The highest BCUT2D eigenvalue weighted by Crippen LogP contribution is 2.09. The van der Waals surface area contributed by atoms with Gasteiger partial charge in [-0.2, -0.15) is 5.43 Å². The second-order valence-corrected chi connectivity index (χ2v) is 3.14. The van der Waals surface area contributed by atoms with Crippen molar-refractivity contribution in [3.05, 3.63) is 57.1 Å². The van der Waals surface area contributed by atoms with Gasteiger partial charge in [-0.15, -0.1) is 4.91 Å². The zero-order valence-electron chi connectivity index (χ0n) is 9.39. The third-order valence-corrected chi connectivity index (χ3v) is 1.90. The van der Waals surface area contributed by atoms with Gasteiger partial charge in [0.2, 0.25) is 0 Å². The molecule has 0 amide bonds. The maximum absolute atomic E-state index is 10.6. The highest BCUT2D eigenvalue weighted by molar-refractivity contribution is 5.88. The van der Waals surface area contributed by atoms with Crippen LogP contribution in [-0.4, -0.2) is 21.8 Å². The van der Waals surface area contributed by atoms with Gasteiger partial charge in [-0.1, -0.05) is 0 Å². The molecule has 0 spiro atoms. The molecule has 0 radical (unpaired) electrons. The fourth-order valence-corrected chi connectivity index (χ4v) is 1.05. The van der Waals surface area contributed by atoms with Crippen LogP contribution < -0.4 is 5.43 Å². The number of nitroso groups, excluding NO2 is 1. The number of hydrogen-bond donors (Lipinski definition) is 2. The normalized spacial score (nSPS) is 11.3. The number of nitrogens with one attached hydrogen (secondary N) is 1. The molecule has 0 unspecified atom stereocenters. The van der Waals surface area contributed by atoms with Gasteiger partial charge >= 0.3 is 11.8 Å². The molecule has 1 aromatic rings. The Bertz CT molecular complexity index is 550. The molecule has 0 saturated carbocycles. The lowest BCUT2D eigenvalue weighted by Crippen LogP contribution is -2.10. The molecule has 0 aliphatic rings. The second-order valence-electron chi connectivity index (χ2n) is 3.14. The molecule has 0 saturated heterocycles.